The van der Waals surface area contributed by atoms with Crippen molar-refractivity contribution in [1.82, 2.24) is 9.78 Å². The van der Waals surface area contributed by atoms with Gasteiger partial charge in [-0.1, -0.05) is 18.2 Å². The molecule has 1 aromatic carbocycles. The minimum Gasteiger partial charge on any atom is -0.382 e. The quantitative estimate of drug-likeness (QED) is 0.918. The third-order valence-corrected chi connectivity index (χ3v) is 4.01. The molecule has 21 heavy (non-hydrogen) atoms. The van der Waals surface area contributed by atoms with Gasteiger partial charge in [-0.05, 0) is 37.8 Å². The molecule has 1 aliphatic heterocycles. The summed E-state index contributed by atoms with van der Waals surface area (Å²) in [7, 11) is 0. The fourth-order valence-corrected chi connectivity index (χ4v) is 2.84. The van der Waals surface area contributed by atoms with Gasteiger partial charge in [0.15, 0.2) is 5.82 Å². The van der Waals surface area contributed by atoms with E-state index in [4.69, 9.17) is 5.73 Å². The lowest BCUT2D eigenvalue weighted by molar-refractivity contribution is 0.571. The lowest BCUT2D eigenvalue weighted by Crippen LogP contribution is -2.30. The third kappa shape index (κ3) is 2.33. The number of hydrogen-bond acceptors (Lipinski definition) is 4. The van der Waals surface area contributed by atoms with Crippen LogP contribution in [0.25, 0.3) is 5.69 Å². The fourth-order valence-electron chi connectivity index (χ4n) is 2.84. The Morgan fingerprint density at radius 3 is 2.57 bits per heavy atom. The zero-order valence-electron chi connectivity index (χ0n) is 12.2. The first-order chi connectivity index (χ1) is 10.2. The summed E-state index contributed by atoms with van der Waals surface area (Å²) in [6, 6.07) is 10.1. The normalized spacial score (nSPS) is 15.0. The Hall–Kier alpha value is -2.48. The fraction of sp³-hybridized carbons (Fsp3) is 0.375. The number of rotatable bonds is 2. The van der Waals surface area contributed by atoms with Crippen molar-refractivity contribution >= 4 is 11.6 Å². The van der Waals surface area contributed by atoms with Gasteiger partial charge in [0.1, 0.15) is 17.5 Å². The van der Waals surface area contributed by atoms with Crippen LogP contribution < -0.4 is 10.6 Å². The minimum absolute atomic E-state index is 0.423. The van der Waals surface area contributed by atoms with E-state index in [0.29, 0.717) is 11.4 Å². The summed E-state index contributed by atoms with van der Waals surface area (Å²) in [4.78, 5) is 2.17. The number of hydrogen-bond donors (Lipinski definition) is 1. The van der Waals surface area contributed by atoms with E-state index in [1.54, 1.807) is 4.68 Å². The molecule has 0 bridgehead atoms. The van der Waals surface area contributed by atoms with Crippen molar-refractivity contribution in [2.24, 2.45) is 0 Å². The van der Waals surface area contributed by atoms with Gasteiger partial charge in [-0.2, -0.15) is 5.26 Å². The summed E-state index contributed by atoms with van der Waals surface area (Å²) in [5, 5.41) is 14.1. The third-order valence-electron chi connectivity index (χ3n) is 4.01. The first-order valence-corrected chi connectivity index (χ1v) is 7.32. The zero-order chi connectivity index (χ0) is 14.8. The molecule has 0 aliphatic carbocycles. The van der Waals surface area contributed by atoms with Gasteiger partial charge in [0.2, 0.25) is 0 Å². The smallest absolute Gasteiger partial charge is 0.171 e. The molecule has 0 unspecified atom stereocenters. The number of nitrogens with two attached hydrogens (primary N) is 1. The molecule has 0 radical (unpaired) electrons. The van der Waals surface area contributed by atoms with Crippen molar-refractivity contribution < 1.29 is 0 Å². The lowest BCUT2D eigenvalue weighted by atomic mass is 10.1. The Bertz CT molecular complexity index is 689. The number of aromatic nitrogens is 2. The number of anilines is 2. The van der Waals surface area contributed by atoms with Gasteiger partial charge in [0.25, 0.3) is 0 Å². The van der Waals surface area contributed by atoms with E-state index in [1.807, 2.05) is 31.2 Å². The summed E-state index contributed by atoms with van der Waals surface area (Å²) >= 11 is 0. The summed E-state index contributed by atoms with van der Waals surface area (Å²) in [5.41, 5.74) is 8.67. The molecule has 2 N–H and O–H groups in total. The van der Waals surface area contributed by atoms with Gasteiger partial charge in [-0.15, -0.1) is 5.10 Å². The van der Waals surface area contributed by atoms with Crippen molar-refractivity contribution in [3.8, 4) is 11.8 Å². The lowest BCUT2D eigenvalue weighted by Gasteiger charge is -2.26. The number of benzene rings is 1. The minimum atomic E-state index is 0.423. The Balaban J connectivity index is 2.09. The molecule has 3 rings (SSSR count). The molecule has 1 aliphatic rings. The monoisotopic (exact) mass is 281 g/mol. The van der Waals surface area contributed by atoms with Crippen molar-refractivity contribution in [3.05, 3.63) is 35.4 Å². The molecular formula is C16H19N5. The Morgan fingerprint density at radius 1 is 1.19 bits per heavy atom. The predicted molar refractivity (Wildman–Crippen MR) is 83.5 cm³/mol. The maximum absolute atomic E-state index is 9.45. The van der Waals surface area contributed by atoms with Gasteiger partial charge in [-0.3, -0.25) is 0 Å². The number of nitrogen functional groups attached to an aromatic ring is 1. The van der Waals surface area contributed by atoms with Gasteiger partial charge in [0, 0.05) is 13.1 Å². The SMILES string of the molecule is Cc1ccccc1-n1nc(N2CCCCC2)c(C#N)c1N. The van der Waals surface area contributed by atoms with Crippen LogP contribution in [0.4, 0.5) is 11.6 Å². The second-order valence-electron chi connectivity index (χ2n) is 5.44. The highest BCUT2D eigenvalue weighted by Crippen LogP contribution is 2.29. The van der Waals surface area contributed by atoms with Crippen molar-refractivity contribution in [3.63, 3.8) is 0 Å². The molecule has 0 atom stereocenters. The van der Waals surface area contributed by atoms with Crippen LogP contribution in [0, 0.1) is 18.3 Å². The van der Waals surface area contributed by atoms with E-state index in [0.717, 1.165) is 43.0 Å². The van der Waals surface area contributed by atoms with E-state index in [2.05, 4.69) is 16.1 Å². The average molecular weight is 281 g/mol. The molecule has 1 aromatic heterocycles. The van der Waals surface area contributed by atoms with Crippen molar-refractivity contribution in [1.29, 1.82) is 5.26 Å². The molecule has 5 heteroatoms. The van der Waals surface area contributed by atoms with Gasteiger partial charge >= 0.3 is 0 Å². The highest BCUT2D eigenvalue weighted by molar-refractivity contribution is 5.67. The van der Waals surface area contributed by atoms with Crippen LogP contribution in [0.1, 0.15) is 30.4 Å². The van der Waals surface area contributed by atoms with Crippen molar-refractivity contribution in [2.45, 2.75) is 26.2 Å². The second-order valence-corrected chi connectivity index (χ2v) is 5.44. The van der Waals surface area contributed by atoms with Crippen LogP contribution in [-0.2, 0) is 0 Å². The van der Waals surface area contributed by atoms with E-state index < -0.39 is 0 Å². The molecule has 2 heterocycles. The molecule has 0 spiro atoms. The average Bonchev–Trinajstić information content (AvgIpc) is 2.85. The molecule has 0 amide bonds. The predicted octanol–water partition coefficient (Wildman–Crippen LogP) is 2.62. The van der Waals surface area contributed by atoms with E-state index in [-0.39, 0.29) is 0 Å². The summed E-state index contributed by atoms with van der Waals surface area (Å²) in [6.45, 7) is 3.90. The van der Waals surface area contributed by atoms with Gasteiger partial charge < -0.3 is 10.6 Å². The van der Waals surface area contributed by atoms with Crippen molar-refractivity contribution in [2.75, 3.05) is 23.7 Å². The molecule has 2 aromatic rings. The van der Waals surface area contributed by atoms with Crippen LogP contribution >= 0.6 is 0 Å². The van der Waals surface area contributed by atoms with Gasteiger partial charge in [-0.25, -0.2) is 4.68 Å². The molecule has 1 saturated heterocycles. The van der Waals surface area contributed by atoms with Gasteiger partial charge in [0.05, 0.1) is 5.69 Å². The Kier molecular flexibility index (Phi) is 3.53. The van der Waals surface area contributed by atoms with E-state index >= 15 is 0 Å². The molecule has 5 nitrogen and oxygen atoms in total. The molecular weight excluding hydrogens is 262 g/mol. The number of nitrogens with zero attached hydrogens (tertiary/aromatic N) is 4. The zero-order valence-corrected chi connectivity index (χ0v) is 12.2. The molecule has 0 saturated carbocycles. The first-order valence-electron chi connectivity index (χ1n) is 7.32. The molecule has 1 fully saturated rings. The molecule has 108 valence electrons. The highest BCUT2D eigenvalue weighted by Gasteiger charge is 2.23. The Morgan fingerprint density at radius 2 is 1.90 bits per heavy atom. The number of piperidine rings is 1. The topological polar surface area (TPSA) is 70.9 Å². The maximum Gasteiger partial charge on any atom is 0.171 e. The van der Waals surface area contributed by atoms with E-state index in [9.17, 15) is 5.26 Å². The van der Waals surface area contributed by atoms with Crippen LogP contribution in [0.3, 0.4) is 0 Å². The number of aryl methyl sites for hydroxylation is 1. The number of nitriles is 1. The van der Waals surface area contributed by atoms with E-state index in [1.165, 1.54) is 6.42 Å². The Labute approximate surface area is 124 Å². The van der Waals surface area contributed by atoms with Crippen LogP contribution in [0.2, 0.25) is 0 Å². The number of para-hydroxylation sites is 1. The summed E-state index contributed by atoms with van der Waals surface area (Å²) in [6.07, 6.45) is 3.52. The van der Waals surface area contributed by atoms with Crippen LogP contribution in [0.5, 0.6) is 0 Å². The summed E-state index contributed by atoms with van der Waals surface area (Å²) in [5.74, 6) is 1.14. The standard InChI is InChI=1S/C16H19N5/c1-12-7-3-4-8-14(12)21-15(18)13(11-17)16(19-21)20-9-5-2-6-10-20/h3-4,7-8H,2,5-6,9-10,18H2,1H3. The largest absolute Gasteiger partial charge is 0.382 e. The maximum atomic E-state index is 9.45. The highest BCUT2D eigenvalue weighted by atomic mass is 15.4. The van der Waals surface area contributed by atoms with Crippen LogP contribution in [0.15, 0.2) is 24.3 Å². The van der Waals surface area contributed by atoms with Crippen LogP contribution in [-0.4, -0.2) is 22.9 Å². The summed E-state index contributed by atoms with van der Waals surface area (Å²) < 4.78 is 1.69. The second kappa shape index (κ2) is 5.49. The first kappa shape index (κ1) is 13.5.